The van der Waals surface area contributed by atoms with Gasteiger partial charge in [0.05, 0.1) is 6.61 Å². The van der Waals surface area contributed by atoms with E-state index in [2.05, 4.69) is 56.3 Å². The second-order valence-electron chi connectivity index (χ2n) is 4.94. The van der Waals surface area contributed by atoms with E-state index in [0.717, 1.165) is 19.6 Å². The fourth-order valence-corrected chi connectivity index (χ4v) is 2.12. The van der Waals surface area contributed by atoms with E-state index in [1.807, 2.05) is 0 Å². The molecule has 0 heterocycles. The summed E-state index contributed by atoms with van der Waals surface area (Å²) in [5.41, 5.74) is 1.37. The maximum Gasteiger partial charge on any atom is 0.0532 e. The first-order valence-corrected chi connectivity index (χ1v) is 6.87. The van der Waals surface area contributed by atoms with Crippen molar-refractivity contribution in [2.75, 3.05) is 13.2 Å². The van der Waals surface area contributed by atoms with Gasteiger partial charge in [-0.05, 0) is 22.8 Å². The van der Waals surface area contributed by atoms with Crippen LogP contribution >= 0.6 is 0 Å². The molecule has 1 nitrogen and oxygen atoms in total. The van der Waals surface area contributed by atoms with Crippen molar-refractivity contribution in [3.05, 3.63) is 48.0 Å². The first kappa shape index (κ1) is 13.1. The second-order valence-corrected chi connectivity index (χ2v) is 4.94. The molecular weight excluding hydrogens is 220 g/mol. The molecule has 2 aromatic rings. The van der Waals surface area contributed by atoms with Gasteiger partial charge >= 0.3 is 0 Å². The van der Waals surface area contributed by atoms with Crippen molar-refractivity contribution in [1.29, 1.82) is 0 Å². The van der Waals surface area contributed by atoms with Crippen LogP contribution in [-0.2, 0) is 4.74 Å². The molecule has 1 atom stereocenters. The number of rotatable bonds is 6. The summed E-state index contributed by atoms with van der Waals surface area (Å²) < 4.78 is 5.70. The van der Waals surface area contributed by atoms with Crippen LogP contribution in [0.5, 0.6) is 0 Å². The molecule has 0 fully saturated rings. The maximum absolute atomic E-state index is 5.70. The van der Waals surface area contributed by atoms with Gasteiger partial charge in [-0.25, -0.2) is 0 Å². The van der Waals surface area contributed by atoms with E-state index >= 15 is 0 Å². The first-order chi connectivity index (χ1) is 8.81. The minimum atomic E-state index is 0.464. The fourth-order valence-electron chi connectivity index (χ4n) is 2.12. The van der Waals surface area contributed by atoms with Crippen LogP contribution in [0, 0.1) is 0 Å². The number of ether oxygens (including phenoxy) is 1. The SMILES string of the molecule is CCCCOCC(C)c1ccc2ccccc2c1. The van der Waals surface area contributed by atoms with Gasteiger partial charge in [0.15, 0.2) is 0 Å². The topological polar surface area (TPSA) is 9.23 Å². The molecule has 0 spiro atoms. The van der Waals surface area contributed by atoms with E-state index in [4.69, 9.17) is 4.74 Å². The van der Waals surface area contributed by atoms with Gasteiger partial charge < -0.3 is 4.74 Å². The smallest absolute Gasteiger partial charge is 0.0532 e. The lowest BCUT2D eigenvalue weighted by atomic mass is 9.98. The van der Waals surface area contributed by atoms with Crippen LogP contribution in [0.15, 0.2) is 42.5 Å². The number of benzene rings is 2. The lowest BCUT2D eigenvalue weighted by molar-refractivity contribution is 0.121. The van der Waals surface area contributed by atoms with Crippen LogP contribution in [-0.4, -0.2) is 13.2 Å². The van der Waals surface area contributed by atoms with Crippen molar-refractivity contribution in [3.63, 3.8) is 0 Å². The Bertz CT molecular complexity index is 490. The van der Waals surface area contributed by atoms with E-state index < -0.39 is 0 Å². The Kier molecular flexibility index (Phi) is 4.77. The molecule has 18 heavy (non-hydrogen) atoms. The third-order valence-corrected chi connectivity index (χ3v) is 3.35. The Labute approximate surface area is 110 Å². The van der Waals surface area contributed by atoms with Crippen LogP contribution in [0.25, 0.3) is 10.8 Å². The van der Waals surface area contributed by atoms with Gasteiger partial charge in [0.25, 0.3) is 0 Å². The maximum atomic E-state index is 5.70. The summed E-state index contributed by atoms with van der Waals surface area (Å²) in [4.78, 5) is 0. The number of hydrogen-bond acceptors (Lipinski definition) is 1. The average molecular weight is 242 g/mol. The predicted molar refractivity (Wildman–Crippen MR) is 78.1 cm³/mol. The number of unbranched alkanes of at least 4 members (excludes halogenated alkanes) is 1. The lowest BCUT2D eigenvalue weighted by Gasteiger charge is -2.13. The van der Waals surface area contributed by atoms with Crippen molar-refractivity contribution < 1.29 is 4.74 Å². The highest BCUT2D eigenvalue weighted by atomic mass is 16.5. The van der Waals surface area contributed by atoms with Crippen LogP contribution in [0.4, 0.5) is 0 Å². The van der Waals surface area contributed by atoms with Gasteiger partial charge in [-0.2, -0.15) is 0 Å². The molecule has 0 aliphatic heterocycles. The zero-order valence-corrected chi connectivity index (χ0v) is 11.4. The summed E-state index contributed by atoms with van der Waals surface area (Å²) in [6.45, 7) is 6.12. The number of hydrogen-bond donors (Lipinski definition) is 0. The Morgan fingerprint density at radius 1 is 1.06 bits per heavy atom. The number of fused-ring (bicyclic) bond motifs is 1. The molecule has 1 heteroatoms. The summed E-state index contributed by atoms with van der Waals surface area (Å²) in [5, 5.41) is 2.62. The summed E-state index contributed by atoms with van der Waals surface area (Å²) >= 11 is 0. The molecule has 0 aliphatic carbocycles. The fraction of sp³-hybridized carbons (Fsp3) is 0.412. The highest BCUT2D eigenvalue weighted by Crippen LogP contribution is 2.21. The molecule has 0 aromatic heterocycles. The van der Waals surface area contributed by atoms with Crippen LogP contribution in [0.3, 0.4) is 0 Å². The van der Waals surface area contributed by atoms with Gasteiger partial charge in [-0.15, -0.1) is 0 Å². The molecule has 96 valence electrons. The van der Waals surface area contributed by atoms with E-state index in [1.54, 1.807) is 0 Å². The largest absolute Gasteiger partial charge is 0.381 e. The van der Waals surface area contributed by atoms with Gasteiger partial charge in [-0.1, -0.05) is 62.7 Å². The second kappa shape index (κ2) is 6.55. The van der Waals surface area contributed by atoms with Gasteiger partial charge in [0.1, 0.15) is 0 Å². The molecule has 2 rings (SSSR count). The van der Waals surface area contributed by atoms with Crippen molar-refractivity contribution in [2.24, 2.45) is 0 Å². The molecule has 0 aliphatic rings. The monoisotopic (exact) mass is 242 g/mol. The van der Waals surface area contributed by atoms with Gasteiger partial charge in [0, 0.05) is 12.5 Å². The predicted octanol–water partition coefficient (Wildman–Crippen LogP) is 4.76. The third kappa shape index (κ3) is 3.33. The minimum absolute atomic E-state index is 0.464. The lowest BCUT2D eigenvalue weighted by Crippen LogP contribution is -2.05. The molecule has 0 N–H and O–H groups in total. The Hall–Kier alpha value is -1.34. The quantitative estimate of drug-likeness (QED) is 0.664. The van der Waals surface area contributed by atoms with Crippen molar-refractivity contribution in [3.8, 4) is 0 Å². The highest BCUT2D eigenvalue weighted by Gasteiger charge is 2.06. The average Bonchev–Trinajstić information content (AvgIpc) is 2.43. The van der Waals surface area contributed by atoms with Crippen molar-refractivity contribution in [1.82, 2.24) is 0 Å². The van der Waals surface area contributed by atoms with Crippen molar-refractivity contribution in [2.45, 2.75) is 32.6 Å². The standard InChI is InChI=1S/C17H22O/c1-3-4-11-18-13-14(2)16-10-9-15-7-5-6-8-17(15)12-16/h5-10,12,14H,3-4,11,13H2,1-2H3. The third-order valence-electron chi connectivity index (χ3n) is 3.35. The Morgan fingerprint density at radius 3 is 2.61 bits per heavy atom. The van der Waals surface area contributed by atoms with E-state index in [9.17, 15) is 0 Å². The molecular formula is C17H22O. The molecule has 0 radical (unpaired) electrons. The molecule has 0 saturated heterocycles. The van der Waals surface area contributed by atoms with E-state index in [0.29, 0.717) is 5.92 Å². The molecule has 2 aromatic carbocycles. The van der Waals surface area contributed by atoms with Crippen molar-refractivity contribution >= 4 is 10.8 Å². The van der Waals surface area contributed by atoms with Gasteiger partial charge in [0.2, 0.25) is 0 Å². The summed E-state index contributed by atoms with van der Waals surface area (Å²) in [7, 11) is 0. The Balaban J connectivity index is 2.01. The molecule has 0 saturated carbocycles. The van der Waals surface area contributed by atoms with Crippen LogP contribution in [0.1, 0.15) is 38.2 Å². The van der Waals surface area contributed by atoms with E-state index in [1.165, 1.54) is 22.8 Å². The summed E-state index contributed by atoms with van der Waals surface area (Å²) in [5.74, 6) is 0.464. The van der Waals surface area contributed by atoms with Crippen LogP contribution < -0.4 is 0 Å². The first-order valence-electron chi connectivity index (χ1n) is 6.87. The molecule has 1 unspecified atom stereocenters. The van der Waals surface area contributed by atoms with Crippen LogP contribution in [0.2, 0.25) is 0 Å². The van der Waals surface area contributed by atoms with Gasteiger partial charge in [-0.3, -0.25) is 0 Å². The zero-order chi connectivity index (χ0) is 12.8. The molecule has 0 bridgehead atoms. The summed E-state index contributed by atoms with van der Waals surface area (Å²) in [6.07, 6.45) is 2.36. The highest BCUT2D eigenvalue weighted by molar-refractivity contribution is 5.83. The normalized spacial score (nSPS) is 12.8. The minimum Gasteiger partial charge on any atom is -0.381 e. The Morgan fingerprint density at radius 2 is 1.83 bits per heavy atom. The zero-order valence-electron chi connectivity index (χ0n) is 11.4. The van der Waals surface area contributed by atoms with E-state index in [-0.39, 0.29) is 0 Å². The summed E-state index contributed by atoms with van der Waals surface area (Å²) in [6, 6.07) is 15.2. The molecule has 0 amide bonds.